The lowest BCUT2D eigenvalue weighted by Gasteiger charge is -2.08. The first-order chi connectivity index (χ1) is 13.6. The standard InChI is InChI=1S/C20H17ClN4O2S/c1-12-19(23-24-25(12)15-6-4-5-14(21)10-15)20-22-16(11-28-20)13-7-8-17(26-2)18(9-13)27-3/h4-11H,1-3H3. The van der Waals surface area contributed by atoms with Crippen LogP contribution in [0.1, 0.15) is 5.69 Å². The normalized spacial score (nSPS) is 10.9. The van der Waals surface area contributed by atoms with Crippen molar-refractivity contribution in [3.8, 4) is 39.1 Å². The average Bonchev–Trinajstić information content (AvgIpc) is 3.34. The van der Waals surface area contributed by atoms with E-state index in [1.165, 1.54) is 11.3 Å². The van der Waals surface area contributed by atoms with E-state index >= 15 is 0 Å². The molecule has 0 fully saturated rings. The van der Waals surface area contributed by atoms with Crippen LogP contribution < -0.4 is 9.47 Å². The van der Waals surface area contributed by atoms with Crippen LogP contribution in [-0.2, 0) is 0 Å². The number of methoxy groups -OCH3 is 2. The van der Waals surface area contributed by atoms with Crippen molar-refractivity contribution in [1.29, 1.82) is 0 Å². The van der Waals surface area contributed by atoms with Gasteiger partial charge < -0.3 is 9.47 Å². The lowest BCUT2D eigenvalue weighted by Crippen LogP contribution is -1.98. The molecule has 0 aliphatic heterocycles. The van der Waals surface area contributed by atoms with Gasteiger partial charge in [0.25, 0.3) is 0 Å². The number of hydrogen-bond acceptors (Lipinski definition) is 6. The van der Waals surface area contributed by atoms with Crippen molar-refractivity contribution >= 4 is 22.9 Å². The minimum atomic E-state index is 0.652. The highest BCUT2D eigenvalue weighted by molar-refractivity contribution is 7.13. The van der Waals surface area contributed by atoms with E-state index in [0.29, 0.717) is 16.5 Å². The van der Waals surface area contributed by atoms with E-state index in [1.54, 1.807) is 18.9 Å². The third kappa shape index (κ3) is 3.34. The fourth-order valence-electron chi connectivity index (χ4n) is 2.89. The molecular formula is C20H17ClN4O2S. The molecule has 2 heterocycles. The summed E-state index contributed by atoms with van der Waals surface area (Å²) in [4.78, 5) is 4.75. The molecule has 4 rings (SSSR count). The summed E-state index contributed by atoms with van der Waals surface area (Å²) in [7, 11) is 3.23. The summed E-state index contributed by atoms with van der Waals surface area (Å²) >= 11 is 7.62. The average molecular weight is 413 g/mol. The van der Waals surface area contributed by atoms with Gasteiger partial charge >= 0.3 is 0 Å². The molecule has 0 N–H and O–H groups in total. The quantitative estimate of drug-likeness (QED) is 0.459. The maximum absolute atomic E-state index is 6.10. The molecule has 0 unspecified atom stereocenters. The number of nitrogens with zero attached hydrogens (tertiary/aromatic N) is 4. The van der Waals surface area contributed by atoms with Crippen molar-refractivity contribution in [2.24, 2.45) is 0 Å². The zero-order valence-electron chi connectivity index (χ0n) is 15.5. The maximum Gasteiger partial charge on any atom is 0.161 e. The third-order valence-corrected chi connectivity index (χ3v) is 5.42. The van der Waals surface area contributed by atoms with Gasteiger partial charge in [-0.05, 0) is 43.3 Å². The van der Waals surface area contributed by atoms with Crippen LogP contribution in [0.5, 0.6) is 11.5 Å². The van der Waals surface area contributed by atoms with E-state index in [4.69, 9.17) is 26.1 Å². The van der Waals surface area contributed by atoms with Gasteiger partial charge in [0.15, 0.2) is 11.5 Å². The summed E-state index contributed by atoms with van der Waals surface area (Å²) in [5.74, 6) is 1.35. The Bertz CT molecular complexity index is 1140. The largest absolute Gasteiger partial charge is 0.493 e. The van der Waals surface area contributed by atoms with Crippen molar-refractivity contribution in [2.75, 3.05) is 14.2 Å². The minimum Gasteiger partial charge on any atom is -0.493 e. The Balaban J connectivity index is 1.69. The van der Waals surface area contributed by atoms with Gasteiger partial charge in [-0.25, -0.2) is 9.67 Å². The highest BCUT2D eigenvalue weighted by Gasteiger charge is 2.17. The Morgan fingerprint density at radius 2 is 1.86 bits per heavy atom. The first-order valence-electron chi connectivity index (χ1n) is 8.47. The smallest absolute Gasteiger partial charge is 0.161 e. The molecule has 0 saturated carbocycles. The zero-order valence-corrected chi connectivity index (χ0v) is 17.1. The second kappa shape index (κ2) is 7.61. The van der Waals surface area contributed by atoms with Gasteiger partial charge in [-0.3, -0.25) is 0 Å². The van der Waals surface area contributed by atoms with Crippen molar-refractivity contribution < 1.29 is 9.47 Å². The van der Waals surface area contributed by atoms with E-state index < -0.39 is 0 Å². The summed E-state index contributed by atoms with van der Waals surface area (Å²) in [6.45, 7) is 1.97. The van der Waals surface area contributed by atoms with Crippen molar-refractivity contribution in [1.82, 2.24) is 20.0 Å². The Labute approximate surface area is 171 Å². The molecule has 0 spiro atoms. The summed E-state index contributed by atoms with van der Waals surface area (Å²) in [6.07, 6.45) is 0. The van der Waals surface area contributed by atoms with Gasteiger partial charge in [0.1, 0.15) is 10.7 Å². The maximum atomic E-state index is 6.10. The van der Waals surface area contributed by atoms with Crippen LogP contribution in [0.3, 0.4) is 0 Å². The lowest BCUT2D eigenvalue weighted by atomic mass is 10.1. The monoisotopic (exact) mass is 412 g/mol. The first kappa shape index (κ1) is 18.5. The molecule has 0 atom stereocenters. The molecule has 2 aromatic carbocycles. The predicted molar refractivity (Wildman–Crippen MR) is 111 cm³/mol. The van der Waals surface area contributed by atoms with E-state index in [-0.39, 0.29) is 0 Å². The van der Waals surface area contributed by atoms with Crippen molar-refractivity contribution in [3.63, 3.8) is 0 Å². The topological polar surface area (TPSA) is 62.1 Å². The second-order valence-electron chi connectivity index (χ2n) is 6.02. The van der Waals surface area contributed by atoms with E-state index in [0.717, 1.165) is 33.3 Å². The number of aromatic nitrogens is 4. The number of hydrogen-bond donors (Lipinski definition) is 0. The molecule has 0 bridgehead atoms. The molecule has 4 aromatic rings. The Kier molecular flexibility index (Phi) is 5.02. The van der Waals surface area contributed by atoms with Gasteiger partial charge in [-0.2, -0.15) is 0 Å². The van der Waals surface area contributed by atoms with Crippen molar-refractivity contribution in [2.45, 2.75) is 6.92 Å². The number of ether oxygens (including phenoxy) is 2. The summed E-state index contributed by atoms with van der Waals surface area (Å²) < 4.78 is 12.4. The summed E-state index contributed by atoms with van der Waals surface area (Å²) in [5, 5.41) is 12.1. The first-order valence-corrected chi connectivity index (χ1v) is 9.73. The zero-order chi connectivity index (χ0) is 19.7. The molecule has 0 aliphatic rings. The second-order valence-corrected chi connectivity index (χ2v) is 7.32. The van der Waals surface area contributed by atoms with Gasteiger partial charge in [0.05, 0.1) is 31.3 Å². The Hall–Kier alpha value is -2.90. The van der Waals surface area contributed by atoms with E-state index in [2.05, 4.69) is 10.3 Å². The van der Waals surface area contributed by atoms with Crippen molar-refractivity contribution in [3.05, 3.63) is 58.6 Å². The molecule has 0 saturated heterocycles. The number of rotatable bonds is 5. The highest BCUT2D eigenvalue weighted by atomic mass is 35.5. The highest BCUT2D eigenvalue weighted by Crippen LogP contribution is 2.35. The van der Waals surface area contributed by atoms with Crippen LogP contribution in [-0.4, -0.2) is 34.2 Å². The fourth-order valence-corrected chi connectivity index (χ4v) is 3.94. The predicted octanol–water partition coefficient (Wildman–Crippen LogP) is 5.04. The Morgan fingerprint density at radius 3 is 2.61 bits per heavy atom. The molecule has 2 aromatic heterocycles. The molecule has 0 radical (unpaired) electrons. The fraction of sp³-hybridized carbons (Fsp3) is 0.150. The van der Waals surface area contributed by atoms with Gasteiger partial charge in [-0.15, -0.1) is 16.4 Å². The molecular weight excluding hydrogens is 396 g/mol. The molecule has 6 nitrogen and oxygen atoms in total. The SMILES string of the molecule is COc1ccc(-c2csc(-c3nnn(-c4cccc(Cl)c4)c3C)n2)cc1OC. The number of thiazole rings is 1. The van der Waals surface area contributed by atoms with Crippen LogP contribution in [0.25, 0.3) is 27.6 Å². The van der Waals surface area contributed by atoms with Gasteiger partial charge in [-0.1, -0.05) is 22.9 Å². The van der Waals surface area contributed by atoms with E-state index in [9.17, 15) is 0 Å². The van der Waals surface area contributed by atoms with Crippen LogP contribution in [0, 0.1) is 6.92 Å². The van der Waals surface area contributed by atoms with Gasteiger partial charge in [0.2, 0.25) is 0 Å². The minimum absolute atomic E-state index is 0.652. The molecule has 8 heteroatoms. The molecule has 0 amide bonds. The summed E-state index contributed by atoms with van der Waals surface area (Å²) in [6, 6.07) is 13.2. The van der Waals surface area contributed by atoms with Crippen LogP contribution >= 0.6 is 22.9 Å². The summed E-state index contributed by atoms with van der Waals surface area (Å²) in [5.41, 5.74) is 4.30. The molecule has 0 aliphatic carbocycles. The number of benzene rings is 2. The van der Waals surface area contributed by atoms with E-state index in [1.807, 2.05) is 54.8 Å². The Morgan fingerprint density at radius 1 is 1.04 bits per heavy atom. The third-order valence-electron chi connectivity index (χ3n) is 4.33. The van der Waals surface area contributed by atoms with Crippen LogP contribution in [0.15, 0.2) is 47.8 Å². The van der Waals surface area contributed by atoms with Crippen LogP contribution in [0.2, 0.25) is 5.02 Å². The van der Waals surface area contributed by atoms with Gasteiger partial charge in [0, 0.05) is 16.0 Å². The lowest BCUT2D eigenvalue weighted by molar-refractivity contribution is 0.355. The van der Waals surface area contributed by atoms with Crippen LogP contribution in [0.4, 0.5) is 0 Å². The molecule has 142 valence electrons. The number of halogens is 1. The molecule has 28 heavy (non-hydrogen) atoms.